The van der Waals surface area contributed by atoms with Crippen LogP contribution >= 0.6 is 0 Å². The first-order valence-electron chi connectivity index (χ1n) is 9.78. The summed E-state index contributed by atoms with van der Waals surface area (Å²) in [5.41, 5.74) is 4.17. The Balaban J connectivity index is 1.82. The van der Waals surface area contributed by atoms with Gasteiger partial charge in [0.1, 0.15) is 5.60 Å². The molecule has 0 aliphatic carbocycles. The Kier molecular flexibility index (Phi) is 4.74. The molecule has 1 N–H and O–H groups in total. The standard InChI is InChI=1S/C23H25F3N2O/c1-15-4-7-17(8-5-15)22(3,29)14-28-20-9-6-16(2)12-19(20)18-10-11-27(13-21(18)28)23(24,25)26/h4-9,12,29H,10-11,13-14H2,1-3H3. The first kappa shape index (κ1) is 20.0. The molecule has 0 spiro atoms. The maximum atomic E-state index is 13.4. The number of aromatic nitrogens is 1. The fourth-order valence-corrected chi connectivity index (χ4v) is 4.27. The predicted molar refractivity (Wildman–Crippen MR) is 108 cm³/mol. The molecule has 0 bridgehead atoms. The van der Waals surface area contributed by atoms with Gasteiger partial charge in [-0.25, -0.2) is 4.90 Å². The quantitative estimate of drug-likeness (QED) is 0.622. The number of nitrogens with zero attached hydrogens (tertiary/aromatic N) is 2. The van der Waals surface area contributed by atoms with Crippen molar-refractivity contribution in [3.8, 4) is 0 Å². The van der Waals surface area contributed by atoms with Crippen molar-refractivity contribution in [3.05, 3.63) is 70.4 Å². The van der Waals surface area contributed by atoms with Crippen molar-refractivity contribution < 1.29 is 18.3 Å². The van der Waals surface area contributed by atoms with Gasteiger partial charge in [0.05, 0.1) is 6.54 Å². The lowest BCUT2D eigenvalue weighted by atomic mass is 9.95. The minimum Gasteiger partial charge on any atom is -0.384 e. The Labute approximate surface area is 168 Å². The Bertz CT molecular complexity index is 1050. The predicted octanol–water partition coefficient (Wildman–Crippen LogP) is 5.04. The van der Waals surface area contributed by atoms with Crippen molar-refractivity contribution >= 4 is 10.9 Å². The zero-order chi connectivity index (χ0) is 21.0. The number of benzene rings is 2. The third-order valence-corrected chi connectivity index (χ3v) is 5.91. The molecular weight excluding hydrogens is 377 g/mol. The Morgan fingerprint density at radius 1 is 1.00 bits per heavy atom. The third kappa shape index (κ3) is 3.67. The number of halogens is 3. The molecular formula is C23H25F3N2O. The molecule has 2 aromatic carbocycles. The first-order chi connectivity index (χ1) is 13.6. The van der Waals surface area contributed by atoms with Crippen LogP contribution in [0.1, 0.15) is 34.9 Å². The summed E-state index contributed by atoms with van der Waals surface area (Å²) >= 11 is 0. The van der Waals surface area contributed by atoms with Crippen LogP contribution in [-0.2, 0) is 25.1 Å². The largest absolute Gasteiger partial charge is 0.460 e. The highest BCUT2D eigenvalue weighted by Gasteiger charge is 2.41. The van der Waals surface area contributed by atoms with Gasteiger partial charge in [0.15, 0.2) is 0 Å². The van der Waals surface area contributed by atoms with Gasteiger partial charge in [0.25, 0.3) is 0 Å². The van der Waals surface area contributed by atoms with E-state index in [1.54, 1.807) is 6.92 Å². The van der Waals surface area contributed by atoms with E-state index in [2.05, 4.69) is 0 Å². The van der Waals surface area contributed by atoms with E-state index >= 15 is 0 Å². The molecule has 0 radical (unpaired) electrons. The Morgan fingerprint density at radius 3 is 2.31 bits per heavy atom. The van der Waals surface area contributed by atoms with Crippen LogP contribution in [0.4, 0.5) is 13.2 Å². The number of aliphatic hydroxyl groups is 1. The van der Waals surface area contributed by atoms with Crippen molar-refractivity contribution in [1.82, 2.24) is 9.47 Å². The van der Waals surface area contributed by atoms with Crippen LogP contribution in [-0.4, -0.2) is 27.4 Å². The van der Waals surface area contributed by atoms with Gasteiger partial charge in [-0.3, -0.25) is 0 Å². The van der Waals surface area contributed by atoms with E-state index in [-0.39, 0.29) is 19.6 Å². The number of aryl methyl sites for hydroxylation is 2. The summed E-state index contributed by atoms with van der Waals surface area (Å²) in [5.74, 6) is 0. The zero-order valence-corrected chi connectivity index (χ0v) is 16.8. The number of hydrogen-bond acceptors (Lipinski definition) is 2. The second-order valence-corrected chi connectivity index (χ2v) is 8.31. The van der Waals surface area contributed by atoms with Gasteiger partial charge < -0.3 is 9.67 Å². The Morgan fingerprint density at radius 2 is 1.66 bits per heavy atom. The number of fused-ring (bicyclic) bond motifs is 3. The molecule has 0 fully saturated rings. The number of rotatable bonds is 3. The van der Waals surface area contributed by atoms with Gasteiger partial charge >= 0.3 is 6.30 Å². The van der Waals surface area contributed by atoms with Crippen LogP contribution in [0.2, 0.25) is 0 Å². The van der Waals surface area contributed by atoms with Gasteiger partial charge in [-0.15, -0.1) is 0 Å². The van der Waals surface area contributed by atoms with Crippen molar-refractivity contribution in [3.63, 3.8) is 0 Å². The molecule has 1 atom stereocenters. The van der Waals surface area contributed by atoms with Gasteiger partial charge in [0.2, 0.25) is 0 Å². The lowest BCUT2D eigenvalue weighted by Gasteiger charge is -2.32. The van der Waals surface area contributed by atoms with Crippen molar-refractivity contribution in [1.29, 1.82) is 0 Å². The van der Waals surface area contributed by atoms with Crippen LogP contribution in [0.25, 0.3) is 10.9 Å². The van der Waals surface area contributed by atoms with Gasteiger partial charge in [-0.1, -0.05) is 41.5 Å². The summed E-state index contributed by atoms with van der Waals surface area (Å²) in [5, 5.41) is 12.2. The van der Waals surface area contributed by atoms with Crippen LogP contribution in [0, 0.1) is 13.8 Å². The van der Waals surface area contributed by atoms with Crippen molar-refractivity contribution in [2.45, 2.75) is 52.2 Å². The third-order valence-electron chi connectivity index (χ3n) is 5.91. The van der Waals surface area contributed by atoms with Crippen molar-refractivity contribution in [2.24, 2.45) is 0 Å². The molecule has 3 nitrogen and oxygen atoms in total. The van der Waals surface area contributed by atoms with E-state index in [9.17, 15) is 18.3 Å². The smallest absolute Gasteiger partial charge is 0.384 e. The highest BCUT2D eigenvalue weighted by Crippen LogP contribution is 2.37. The maximum Gasteiger partial charge on any atom is 0.460 e. The average molecular weight is 402 g/mol. The Hall–Kier alpha value is -2.31. The second kappa shape index (κ2) is 6.89. The van der Waals surface area contributed by atoms with Crippen LogP contribution in [0.15, 0.2) is 42.5 Å². The molecule has 0 saturated carbocycles. The van der Waals surface area contributed by atoms with Crippen LogP contribution in [0.5, 0.6) is 0 Å². The molecule has 1 aliphatic rings. The number of alkyl halides is 3. The minimum atomic E-state index is -4.37. The lowest BCUT2D eigenvalue weighted by molar-refractivity contribution is -0.251. The molecule has 1 aliphatic heterocycles. The molecule has 29 heavy (non-hydrogen) atoms. The van der Waals surface area contributed by atoms with Crippen molar-refractivity contribution in [2.75, 3.05) is 6.54 Å². The molecule has 1 aromatic heterocycles. The van der Waals surface area contributed by atoms with Gasteiger partial charge in [-0.2, -0.15) is 13.2 Å². The highest BCUT2D eigenvalue weighted by atomic mass is 19.4. The monoisotopic (exact) mass is 402 g/mol. The highest BCUT2D eigenvalue weighted by molar-refractivity contribution is 5.86. The molecule has 4 rings (SSSR count). The molecule has 0 saturated heterocycles. The van der Waals surface area contributed by atoms with E-state index in [0.717, 1.165) is 33.2 Å². The average Bonchev–Trinajstić information content (AvgIpc) is 2.93. The normalized spacial score (nSPS) is 17.3. The van der Waals surface area contributed by atoms with Crippen LogP contribution in [0.3, 0.4) is 0 Å². The first-order valence-corrected chi connectivity index (χ1v) is 9.78. The van der Waals surface area contributed by atoms with Gasteiger partial charge in [0, 0.05) is 29.7 Å². The number of hydrogen-bond donors (Lipinski definition) is 1. The fraction of sp³-hybridized carbons (Fsp3) is 0.391. The SMILES string of the molecule is Cc1ccc(C(C)(O)Cn2c3c(c4cc(C)ccc42)CCN(C(F)(F)F)C3)cc1. The topological polar surface area (TPSA) is 28.4 Å². The molecule has 2 heterocycles. The molecule has 6 heteroatoms. The summed E-state index contributed by atoms with van der Waals surface area (Å²) in [6.07, 6.45) is -4.02. The fourth-order valence-electron chi connectivity index (χ4n) is 4.27. The van der Waals surface area contributed by atoms with E-state index in [1.807, 2.05) is 60.9 Å². The summed E-state index contributed by atoms with van der Waals surface area (Å²) < 4.78 is 42.1. The van der Waals surface area contributed by atoms with E-state index < -0.39 is 11.9 Å². The van der Waals surface area contributed by atoms with E-state index in [1.165, 1.54) is 0 Å². The van der Waals surface area contributed by atoms with E-state index in [0.29, 0.717) is 17.0 Å². The second-order valence-electron chi connectivity index (χ2n) is 8.31. The molecule has 3 aromatic rings. The summed E-state index contributed by atoms with van der Waals surface area (Å²) in [6, 6.07) is 13.6. The maximum absolute atomic E-state index is 13.4. The zero-order valence-electron chi connectivity index (χ0n) is 16.8. The summed E-state index contributed by atoms with van der Waals surface area (Å²) in [7, 11) is 0. The lowest BCUT2D eigenvalue weighted by Crippen LogP contribution is -2.42. The molecule has 154 valence electrons. The summed E-state index contributed by atoms with van der Waals surface area (Å²) in [6.45, 7) is 5.62. The molecule has 1 unspecified atom stereocenters. The van der Waals surface area contributed by atoms with Crippen LogP contribution < -0.4 is 0 Å². The molecule has 0 amide bonds. The van der Waals surface area contributed by atoms with E-state index in [4.69, 9.17) is 0 Å². The van der Waals surface area contributed by atoms with Gasteiger partial charge in [-0.05, 0) is 50.5 Å². The summed E-state index contributed by atoms with van der Waals surface area (Å²) in [4.78, 5) is 0.554. The minimum absolute atomic E-state index is 0.0437.